The predicted molar refractivity (Wildman–Crippen MR) is 78.2 cm³/mol. The topological polar surface area (TPSA) is 39.3 Å². The molecule has 0 spiro atoms. The van der Waals surface area contributed by atoms with Crippen molar-refractivity contribution in [1.29, 1.82) is 0 Å². The fourth-order valence-corrected chi connectivity index (χ4v) is 3.17. The number of nitrogens with one attached hydrogen (secondary N) is 1. The molecule has 1 aromatic heterocycles. The molecular formula is C16H22N2O. The molecule has 1 aliphatic rings. The van der Waals surface area contributed by atoms with E-state index < -0.39 is 0 Å². The van der Waals surface area contributed by atoms with Crippen LogP contribution in [0.3, 0.4) is 0 Å². The van der Waals surface area contributed by atoms with Crippen molar-refractivity contribution >= 4 is 10.9 Å². The van der Waals surface area contributed by atoms with Gasteiger partial charge in [-0.3, -0.25) is 0 Å². The van der Waals surface area contributed by atoms with E-state index in [-0.39, 0.29) is 6.10 Å². The summed E-state index contributed by atoms with van der Waals surface area (Å²) < 4.78 is 0. The molecule has 2 N–H and O–H groups in total. The number of para-hydroxylation sites is 1. The molecule has 3 rings (SSSR count). The number of fused-ring (bicyclic) bond motifs is 1. The first kappa shape index (κ1) is 12.7. The molecule has 3 nitrogen and oxygen atoms in total. The fourth-order valence-electron chi connectivity index (χ4n) is 3.17. The number of hydrogen-bond donors (Lipinski definition) is 2. The minimum Gasteiger partial charge on any atom is -0.393 e. The van der Waals surface area contributed by atoms with Crippen molar-refractivity contribution in [2.45, 2.75) is 25.9 Å². The number of piperidine rings is 1. The van der Waals surface area contributed by atoms with Crippen LogP contribution in [0.1, 0.15) is 18.9 Å². The van der Waals surface area contributed by atoms with E-state index in [9.17, 15) is 5.11 Å². The third kappa shape index (κ3) is 2.53. The van der Waals surface area contributed by atoms with Crippen molar-refractivity contribution in [2.75, 3.05) is 19.6 Å². The lowest BCUT2D eigenvalue weighted by Crippen LogP contribution is -2.43. The molecule has 19 heavy (non-hydrogen) atoms. The number of aromatic nitrogens is 1. The summed E-state index contributed by atoms with van der Waals surface area (Å²) in [4.78, 5) is 5.76. The predicted octanol–water partition coefficient (Wildman–Crippen LogP) is 2.41. The van der Waals surface area contributed by atoms with Gasteiger partial charge in [0.05, 0.1) is 6.10 Å². The molecule has 1 saturated heterocycles. The summed E-state index contributed by atoms with van der Waals surface area (Å²) in [5, 5.41) is 11.5. The molecule has 2 aromatic rings. The number of nitrogens with zero attached hydrogens (tertiary/aromatic N) is 1. The molecule has 1 fully saturated rings. The van der Waals surface area contributed by atoms with E-state index in [2.05, 4.69) is 47.3 Å². The quantitative estimate of drug-likeness (QED) is 0.887. The molecule has 0 radical (unpaired) electrons. The van der Waals surface area contributed by atoms with Crippen LogP contribution in [0.2, 0.25) is 0 Å². The zero-order valence-electron chi connectivity index (χ0n) is 11.5. The lowest BCUT2D eigenvalue weighted by atomic mass is 9.88. The third-order valence-corrected chi connectivity index (χ3v) is 4.38. The van der Waals surface area contributed by atoms with Crippen molar-refractivity contribution in [3.8, 4) is 0 Å². The summed E-state index contributed by atoms with van der Waals surface area (Å²) in [7, 11) is 0. The van der Waals surface area contributed by atoms with Crippen LogP contribution in [-0.2, 0) is 6.42 Å². The van der Waals surface area contributed by atoms with Crippen LogP contribution in [0, 0.1) is 5.92 Å². The smallest absolute Gasteiger partial charge is 0.0596 e. The van der Waals surface area contributed by atoms with Gasteiger partial charge in [-0.15, -0.1) is 0 Å². The van der Waals surface area contributed by atoms with Crippen LogP contribution in [0.4, 0.5) is 0 Å². The van der Waals surface area contributed by atoms with E-state index in [1.165, 1.54) is 16.5 Å². The van der Waals surface area contributed by atoms with Gasteiger partial charge in [-0.2, -0.15) is 0 Å². The highest BCUT2D eigenvalue weighted by Crippen LogP contribution is 2.25. The number of aliphatic hydroxyl groups excluding tert-OH is 1. The highest BCUT2D eigenvalue weighted by molar-refractivity contribution is 5.83. The van der Waals surface area contributed by atoms with Crippen LogP contribution in [-0.4, -0.2) is 40.7 Å². The van der Waals surface area contributed by atoms with Gasteiger partial charge in [0.15, 0.2) is 0 Å². The number of aromatic amines is 1. The van der Waals surface area contributed by atoms with Crippen molar-refractivity contribution < 1.29 is 5.11 Å². The molecule has 102 valence electrons. The first-order chi connectivity index (χ1) is 9.28. The Morgan fingerprint density at radius 1 is 1.37 bits per heavy atom. The lowest BCUT2D eigenvalue weighted by Gasteiger charge is -2.35. The standard InChI is InChI=1S/C16H22N2O/c1-2-18-8-7-16(19)13(11-18)9-12-10-17-15-6-4-3-5-14(12)15/h3-6,10,13,16-17,19H,2,7-9,11H2,1H3. The molecule has 0 saturated carbocycles. The Morgan fingerprint density at radius 2 is 2.21 bits per heavy atom. The molecule has 1 aliphatic heterocycles. The molecule has 0 aliphatic carbocycles. The van der Waals surface area contributed by atoms with Gasteiger partial charge >= 0.3 is 0 Å². The van der Waals surface area contributed by atoms with E-state index in [1.54, 1.807) is 0 Å². The van der Waals surface area contributed by atoms with Crippen molar-refractivity contribution in [3.63, 3.8) is 0 Å². The SMILES string of the molecule is CCN1CCC(O)C(Cc2c[nH]c3ccccc23)C1. The number of rotatable bonds is 3. The highest BCUT2D eigenvalue weighted by atomic mass is 16.3. The molecule has 0 bridgehead atoms. The van der Waals surface area contributed by atoms with Gasteiger partial charge in [-0.25, -0.2) is 0 Å². The minimum absolute atomic E-state index is 0.156. The molecule has 1 aromatic carbocycles. The second-order valence-electron chi connectivity index (χ2n) is 5.57. The molecule has 3 heteroatoms. The normalized spacial score (nSPS) is 24.9. The Bertz CT molecular complexity index is 548. The second kappa shape index (κ2) is 5.35. The van der Waals surface area contributed by atoms with Gasteiger partial charge in [-0.1, -0.05) is 25.1 Å². The Morgan fingerprint density at radius 3 is 3.05 bits per heavy atom. The van der Waals surface area contributed by atoms with Crippen LogP contribution in [0.5, 0.6) is 0 Å². The monoisotopic (exact) mass is 258 g/mol. The maximum atomic E-state index is 10.2. The van der Waals surface area contributed by atoms with Gasteiger partial charge in [0, 0.05) is 36.1 Å². The first-order valence-electron chi connectivity index (χ1n) is 7.23. The summed E-state index contributed by atoms with van der Waals surface area (Å²) in [6.07, 6.45) is 3.81. The highest BCUT2D eigenvalue weighted by Gasteiger charge is 2.27. The van der Waals surface area contributed by atoms with Crippen LogP contribution in [0.15, 0.2) is 30.5 Å². The van der Waals surface area contributed by atoms with E-state index in [0.717, 1.165) is 32.5 Å². The van der Waals surface area contributed by atoms with Gasteiger partial charge in [0.2, 0.25) is 0 Å². The number of benzene rings is 1. The molecule has 2 heterocycles. The largest absolute Gasteiger partial charge is 0.393 e. The Hall–Kier alpha value is -1.32. The molecule has 2 unspecified atom stereocenters. The maximum absolute atomic E-state index is 10.2. The summed E-state index contributed by atoms with van der Waals surface area (Å²) in [5.41, 5.74) is 2.52. The van der Waals surface area contributed by atoms with Crippen LogP contribution < -0.4 is 0 Å². The van der Waals surface area contributed by atoms with Crippen LogP contribution in [0.25, 0.3) is 10.9 Å². The first-order valence-corrected chi connectivity index (χ1v) is 7.23. The zero-order chi connectivity index (χ0) is 13.2. The number of H-pyrrole nitrogens is 1. The summed E-state index contributed by atoms with van der Waals surface area (Å²) in [6, 6.07) is 8.40. The Kier molecular flexibility index (Phi) is 3.58. The fraction of sp³-hybridized carbons (Fsp3) is 0.500. The van der Waals surface area contributed by atoms with Gasteiger partial charge in [0.25, 0.3) is 0 Å². The Balaban J connectivity index is 1.80. The van der Waals surface area contributed by atoms with Gasteiger partial charge in [0.1, 0.15) is 0 Å². The average Bonchev–Trinajstić information content (AvgIpc) is 2.85. The van der Waals surface area contributed by atoms with Crippen molar-refractivity contribution in [2.24, 2.45) is 5.92 Å². The molecular weight excluding hydrogens is 236 g/mol. The number of aliphatic hydroxyl groups is 1. The zero-order valence-corrected chi connectivity index (χ0v) is 11.5. The van der Waals surface area contributed by atoms with E-state index in [4.69, 9.17) is 0 Å². The van der Waals surface area contributed by atoms with Gasteiger partial charge in [-0.05, 0) is 31.0 Å². The van der Waals surface area contributed by atoms with E-state index >= 15 is 0 Å². The average molecular weight is 258 g/mol. The van der Waals surface area contributed by atoms with Gasteiger partial charge < -0.3 is 15.0 Å². The Labute approximate surface area is 114 Å². The summed E-state index contributed by atoms with van der Waals surface area (Å²) in [6.45, 7) is 5.32. The number of hydrogen-bond acceptors (Lipinski definition) is 2. The van der Waals surface area contributed by atoms with Crippen molar-refractivity contribution in [1.82, 2.24) is 9.88 Å². The van der Waals surface area contributed by atoms with Crippen molar-refractivity contribution in [3.05, 3.63) is 36.0 Å². The number of likely N-dealkylation sites (tertiary alicyclic amines) is 1. The summed E-state index contributed by atoms with van der Waals surface area (Å²) >= 11 is 0. The maximum Gasteiger partial charge on any atom is 0.0596 e. The summed E-state index contributed by atoms with van der Waals surface area (Å²) in [5.74, 6) is 0.355. The lowest BCUT2D eigenvalue weighted by molar-refractivity contribution is 0.0291. The third-order valence-electron chi connectivity index (χ3n) is 4.38. The van der Waals surface area contributed by atoms with Crippen LogP contribution >= 0.6 is 0 Å². The molecule has 2 atom stereocenters. The van der Waals surface area contributed by atoms with E-state index in [0.29, 0.717) is 5.92 Å². The minimum atomic E-state index is -0.156. The second-order valence-corrected chi connectivity index (χ2v) is 5.57. The molecule has 0 amide bonds. The van der Waals surface area contributed by atoms with E-state index in [1.807, 2.05) is 0 Å².